The van der Waals surface area contributed by atoms with Gasteiger partial charge in [-0.15, -0.1) is 0 Å². The van der Waals surface area contributed by atoms with E-state index in [1.807, 2.05) is 17.0 Å². The second-order valence-electron chi connectivity index (χ2n) is 6.27. The minimum absolute atomic E-state index is 0.0566. The molecule has 1 saturated heterocycles. The molecule has 3 aromatic rings. The fraction of sp³-hybridized carbons (Fsp3) is 0.353. The summed E-state index contributed by atoms with van der Waals surface area (Å²) in [5.74, 6) is 0.113. The van der Waals surface area contributed by atoms with Crippen molar-refractivity contribution in [1.29, 1.82) is 0 Å². The first kappa shape index (κ1) is 17.8. The van der Waals surface area contributed by atoms with E-state index in [1.165, 1.54) is 17.7 Å². The van der Waals surface area contributed by atoms with Crippen LogP contribution in [0.5, 0.6) is 11.6 Å². The van der Waals surface area contributed by atoms with E-state index in [0.29, 0.717) is 41.2 Å². The van der Waals surface area contributed by atoms with Gasteiger partial charge in [0.1, 0.15) is 17.7 Å². The Morgan fingerprint density at radius 1 is 1.19 bits per heavy atom. The minimum atomic E-state index is -4.14. The van der Waals surface area contributed by atoms with Crippen LogP contribution in [0, 0.1) is 5.92 Å². The highest BCUT2D eigenvalue weighted by molar-refractivity contribution is 7.22. The Morgan fingerprint density at radius 3 is 2.70 bits per heavy atom. The van der Waals surface area contributed by atoms with Gasteiger partial charge in [-0.25, -0.2) is 15.0 Å². The van der Waals surface area contributed by atoms with Gasteiger partial charge in [0, 0.05) is 19.2 Å². The smallest absolute Gasteiger partial charge is 0.391 e. The van der Waals surface area contributed by atoms with Crippen molar-refractivity contribution in [2.75, 3.05) is 23.7 Å². The average Bonchev–Trinajstić information content (AvgIpc) is 3.03. The van der Waals surface area contributed by atoms with Crippen molar-refractivity contribution >= 4 is 32.5 Å². The van der Waals surface area contributed by atoms with Crippen LogP contribution in [0.25, 0.3) is 10.2 Å². The summed E-state index contributed by atoms with van der Waals surface area (Å²) in [4.78, 5) is 14.4. The van der Waals surface area contributed by atoms with Gasteiger partial charge in [-0.2, -0.15) is 13.2 Å². The molecule has 0 saturated carbocycles. The van der Waals surface area contributed by atoms with Gasteiger partial charge in [0.25, 0.3) is 0 Å². The van der Waals surface area contributed by atoms with Crippen LogP contribution >= 0.6 is 11.3 Å². The lowest BCUT2D eigenvalue weighted by atomic mass is 9.96. The number of anilines is 2. The largest absolute Gasteiger partial charge is 0.437 e. The van der Waals surface area contributed by atoms with Gasteiger partial charge in [0.2, 0.25) is 5.88 Å². The molecule has 2 N–H and O–H groups in total. The van der Waals surface area contributed by atoms with Gasteiger partial charge in [-0.05, 0) is 25.0 Å². The number of fused-ring (bicyclic) bond motifs is 1. The van der Waals surface area contributed by atoms with E-state index in [4.69, 9.17) is 10.5 Å². The van der Waals surface area contributed by atoms with Crippen LogP contribution in [0.15, 0.2) is 30.6 Å². The summed E-state index contributed by atoms with van der Waals surface area (Å²) < 4.78 is 45.2. The van der Waals surface area contributed by atoms with E-state index in [-0.39, 0.29) is 12.8 Å². The molecule has 0 radical (unpaired) electrons. The number of nitrogens with two attached hydrogens (primary N) is 1. The topological polar surface area (TPSA) is 77.2 Å². The third-order valence-corrected chi connectivity index (χ3v) is 5.37. The molecule has 6 nitrogen and oxygen atoms in total. The van der Waals surface area contributed by atoms with Crippen molar-refractivity contribution < 1.29 is 17.9 Å². The Hall–Kier alpha value is -2.62. The summed E-state index contributed by atoms with van der Waals surface area (Å²) in [5, 5.41) is 0.442. The number of aromatic nitrogens is 3. The second-order valence-corrected chi connectivity index (χ2v) is 7.34. The summed E-state index contributed by atoms with van der Waals surface area (Å²) >= 11 is 1.36. The van der Waals surface area contributed by atoms with Gasteiger partial charge in [0.05, 0.1) is 10.6 Å². The second kappa shape index (κ2) is 6.84. The van der Waals surface area contributed by atoms with Crippen LogP contribution in [0.3, 0.4) is 0 Å². The van der Waals surface area contributed by atoms with Crippen molar-refractivity contribution in [2.45, 2.75) is 19.0 Å². The van der Waals surface area contributed by atoms with Gasteiger partial charge in [-0.3, -0.25) is 0 Å². The third kappa shape index (κ3) is 3.75. The number of halogens is 3. The standard InChI is InChI=1S/C17H16F3N5OS/c18-17(19,20)10-4-6-25(7-5-10)13-8-14(23-9-22-13)26-11-2-1-3-12-15(11)24-16(21)27-12/h1-3,8-10H,4-7H2,(H2,21,24). The maximum Gasteiger partial charge on any atom is 0.391 e. The van der Waals surface area contributed by atoms with Crippen molar-refractivity contribution in [2.24, 2.45) is 5.92 Å². The normalized spacial score (nSPS) is 16.0. The number of nitrogen functional groups attached to an aromatic ring is 1. The van der Waals surface area contributed by atoms with Gasteiger partial charge in [-0.1, -0.05) is 17.4 Å². The van der Waals surface area contributed by atoms with Crippen LogP contribution < -0.4 is 15.4 Å². The predicted molar refractivity (Wildman–Crippen MR) is 97.1 cm³/mol. The molecule has 10 heteroatoms. The molecule has 1 aliphatic heterocycles. The van der Waals surface area contributed by atoms with Crippen LogP contribution in [-0.2, 0) is 0 Å². The van der Waals surface area contributed by atoms with Gasteiger partial charge >= 0.3 is 6.18 Å². The van der Waals surface area contributed by atoms with Crippen LogP contribution in [-0.4, -0.2) is 34.2 Å². The molecule has 27 heavy (non-hydrogen) atoms. The number of ether oxygens (including phenoxy) is 1. The van der Waals surface area contributed by atoms with E-state index in [2.05, 4.69) is 15.0 Å². The third-order valence-electron chi connectivity index (χ3n) is 4.52. The lowest BCUT2D eigenvalue weighted by molar-refractivity contribution is -0.179. The molecule has 0 amide bonds. The van der Waals surface area contributed by atoms with Crippen LogP contribution in [0.1, 0.15) is 12.8 Å². The maximum absolute atomic E-state index is 12.8. The Bertz CT molecular complexity index is 953. The SMILES string of the molecule is Nc1nc2c(Oc3cc(N4CCC(C(F)(F)F)CC4)ncn3)cccc2s1. The Kier molecular flexibility index (Phi) is 4.50. The van der Waals surface area contributed by atoms with Crippen molar-refractivity contribution in [3.05, 3.63) is 30.6 Å². The molecule has 1 fully saturated rings. The number of thiazole rings is 1. The molecule has 0 aliphatic carbocycles. The molecule has 0 atom stereocenters. The maximum atomic E-state index is 12.8. The van der Waals surface area contributed by atoms with E-state index >= 15 is 0 Å². The molecule has 1 aliphatic rings. The Morgan fingerprint density at radius 2 is 1.96 bits per heavy atom. The van der Waals surface area contributed by atoms with E-state index in [1.54, 1.807) is 12.1 Å². The fourth-order valence-corrected chi connectivity index (χ4v) is 3.88. The monoisotopic (exact) mass is 395 g/mol. The first-order chi connectivity index (χ1) is 12.9. The molecule has 1 aromatic carbocycles. The van der Waals surface area contributed by atoms with Crippen LogP contribution in [0.2, 0.25) is 0 Å². The molecule has 4 rings (SSSR count). The predicted octanol–water partition coefficient (Wildman–Crippen LogP) is 4.24. The van der Waals surface area contributed by atoms with Gasteiger partial charge in [0.15, 0.2) is 10.9 Å². The Balaban J connectivity index is 1.51. The number of alkyl halides is 3. The number of hydrogen-bond acceptors (Lipinski definition) is 7. The summed E-state index contributed by atoms with van der Waals surface area (Å²) in [6, 6.07) is 7.12. The average molecular weight is 395 g/mol. The quantitative estimate of drug-likeness (QED) is 0.715. The minimum Gasteiger partial charge on any atom is -0.437 e. The number of hydrogen-bond donors (Lipinski definition) is 1. The lowest BCUT2D eigenvalue weighted by Gasteiger charge is -2.33. The van der Waals surface area contributed by atoms with Crippen molar-refractivity contribution in [1.82, 2.24) is 15.0 Å². The van der Waals surface area contributed by atoms with E-state index in [9.17, 15) is 13.2 Å². The zero-order valence-electron chi connectivity index (χ0n) is 14.1. The first-order valence-electron chi connectivity index (χ1n) is 8.37. The molecule has 3 heterocycles. The van der Waals surface area contributed by atoms with Gasteiger partial charge < -0.3 is 15.4 Å². The summed E-state index contributed by atoms with van der Waals surface area (Å²) in [6.07, 6.45) is -2.68. The molecule has 2 aromatic heterocycles. The number of para-hydroxylation sites is 1. The fourth-order valence-electron chi connectivity index (χ4n) is 3.13. The first-order valence-corrected chi connectivity index (χ1v) is 9.18. The number of benzene rings is 1. The molecular formula is C17H16F3N5OS. The summed E-state index contributed by atoms with van der Waals surface area (Å²) in [6.45, 7) is 0.581. The highest BCUT2D eigenvalue weighted by Gasteiger charge is 2.41. The van der Waals surface area contributed by atoms with Crippen molar-refractivity contribution in [3.63, 3.8) is 0 Å². The number of nitrogens with zero attached hydrogens (tertiary/aromatic N) is 4. The van der Waals surface area contributed by atoms with E-state index < -0.39 is 12.1 Å². The van der Waals surface area contributed by atoms with E-state index in [0.717, 1.165) is 4.70 Å². The molecule has 0 spiro atoms. The highest BCUT2D eigenvalue weighted by atomic mass is 32.1. The number of rotatable bonds is 3. The highest BCUT2D eigenvalue weighted by Crippen LogP contribution is 2.36. The number of piperidine rings is 1. The molecular weight excluding hydrogens is 379 g/mol. The Labute approximate surface area is 156 Å². The molecule has 142 valence electrons. The molecule has 0 bridgehead atoms. The van der Waals surface area contributed by atoms with Crippen molar-refractivity contribution in [3.8, 4) is 11.6 Å². The summed E-state index contributed by atoms with van der Waals surface area (Å²) in [7, 11) is 0. The zero-order chi connectivity index (χ0) is 19.0. The molecule has 0 unspecified atom stereocenters. The van der Waals surface area contributed by atoms with Crippen LogP contribution in [0.4, 0.5) is 24.1 Å². The summed E-state index contributed by atoms with van der Waals surface area (Å²) in [5.41, 5.74) is 6.40. The lowest BCUT2D eigenvalue weighted by Crippen LogP contribution is -2.39. The zero-order valence-corrected chi connectivity index (χ0v) is 14.9.